The summed E-state index contributed by atoms with van der Waals surface area (Å²) in [5.41, 5.74) is 2.87. The van der Waals surface area contributed by atoms with Crippen molar-refractivity contribution in [3.63, 3.8) is 0 Å². The van der Waals surface area contributed by atoms with Crippen molar-refractivity contribution in [3.8, 4) is 0 Å². The van der Waals surface area contributed by atoms with Crippen LogP contribution in [0.5, 0.6) is 0 Å². The summed E-state index contributed by atoms with van der Waals surface area (Å²) in [5, 5.41) is 15.1. The van der Waals surface area contributed by atoms with E-state index >= 15 is 0 Å². The van der Waals surface area contributed by atoms with Crippen LogP contribution in [0.3, 0.4) is 0 Å². The molecule has 4 nitrogen and oxygen atoms in total. The molecule has 1 fully saturated rings. The maximum absolute atomic E-state index is 11.9. The number of hydrogen-bond acceptors (Lipinski definition) is 2. The minimum Gasteiger partial charge on any atom is -0.396 e. The predicted octanol–water partition coefficient (Wildman–Crippen LogP) is 1.86. The summed E-state index contributed by atoms with van der Waals surface area (Å²) in [5.74, 6) is 0. The first-order valence-electron chi connectivity index (χ1n) is 7.74. The molecule has 0 bridgehead atoms. The third kappa shape index (κ3) is 3.21. The van der Waals surface area contributed by atoms with Gasteiger partial charge in [0.05, 0.1) is 6.61 Å². The Morgan fingerprint density at radius 1 is 1.14 bits per heavy atom. The molecule has 2 aliphatic carbocycles. The molecule has 0 radical (unpaired) electrons. The number of aliphatic hydroxyl groups is 1. The zero-order valence-corrected chi connectivity index (χ0v) is 12.6. The molecule has 0 spiro atoms. The number of fused-ring (bicyclic) bond motifs is 1. The number of benzene rings is 1. The van der Waals surface area contributed by atoms with E-state index in [0.29, 0.717) is 13.1 Å². The van der Waals surface area contributed by atoms with Gasteiger partial charge in [-0.25, -0.2) is 4.79 Å². The monoisotopic (exact) mass is 288 g/mol. The van der Waals surface area contributed by atoms with Gasteiger partial charge in [-0.1, -0.05) is 31.2 Å². The Balaban J connectivity index is 1.46. The molecule has 0 heterocycles. The maximum Gasteiger partial charge on any atom is 0.314 e. The average Bonchev–Trinajstić information content (AvgIpc) is 3.18. The molecule has 1 saturated carbocycles. The summed E-state index contributed by atoms with van der Waals surface area (Å²) < 4.78 is 0. The van der Waals surface area contributed by atoms with E-state index < -0.39 is 0 Å². The van der Waals surface area contributed by atoms with Crippen molar-refractivity contribution in [1.29, 1.82) is 0 Å². The van der Waals surface area contributed by atoms with E-state index in [1.54, 1.807) is 0 Å². The molecule has 114 valence electrons. The number of carbonyl (C=O) groups is 1. The lowest BCUT2D eigenvalue weighted by Crippen LogP contribution is -2.44. The van der Waals surface area contributed by atoms with Gasteiger partial charge < -0.3 is 15.7 Å². The van der Waals surface area contributed by atoms with Crippen molar-refractivity contribution >= 4 is 6.03 Å². The molecule has 0 aromatic heterocycles. The topological polar surface area (TPSA) is 61.4 Å². The normalized spacial score (nSPS) is 20.7. The van der Waals surface area contributed by atoms with Gasteiger partial charge in [0.2, 0.25) is 0 Å². The van der Waals surface area contributed by atoms with Crippen LogP contribution in [-0.4, -0.2) is 30.8 Å². The predicted molar refractivity (Wildman–Crippen MR) is 82.1 cm³/mol. The van der Waals surface area contributed by atoms with Crippen molar-refractivity contribution in [3.05, 3.63) is 35.4 Å². The Morgan fingerprint density at radius 3 is 2.24 bits per heavy atom. The molecule has 0 saturated heterocycles. The molecule has 2 amide bonds. The molecule has 0 atom stereocenters. The molecule has 21 heavy (non-hydrogen) atoms. The van der Waals surface area contributed by atoms with E-state index in [0.717, 1.165) is 25.7 Å². The first-order valence-corrected chi connectivity index (χ1v) is 7.74. The van der Waals surface area contributed by atoms with Crippen molar-refractivity contribution < 1.29 is 9.90 Å². The maximum atomic E-state index is 11.9. The van der Waals surface area contributed by atoms with Crippen LogP contribution in [0.2, 0.25) is 0 Å². The van der Waals surface area contributed by atoms with Gasteiger partial charge in [0, 0.05) is 18.5 Å². The first-order chi connectivity index (χ1) is 10.0. The minimum atomic E-state index is -0.119. The SMILES string of the molecule is CC1(CNC(=O)NCC2(CO)CC2)Cc2ccccc2C1. The van der Waals surface area contributed by atoms with Gasteiger partial charge in [-0.05, 0) is 42.2 Å². The Morgan fingerprint density at radius 2 is 1.71 bits per heavy atom. The molecule has 4 heteroatoms. The van der Waals surface area contributed by atoms with Gasteiger partial charge in [0.15, 0.2) is 0 Å². The van der Waals surface area contributed by atoms with Crippen LogP contribution in [0, 0.1) is 10.8 Å². The standard InChI is InChI=1S/C17H24N2O2/c1-16(8-13-4-2-3-5-14(13)9-16)10-18-15(21)19-11-17(12-20)6-7-17/h2-5,20H,6-12H2,1H3,(H2,18,19,21). The molecule has 0 aliphatic heterocycles. The van der Waals surface area contributed by atoms with E-state index in [1.807, 2.05) is 0 Å². The number of nitrogens with one attached hydrogen (secondary N) is 2. The molecule has 3 rings (SSSR count). The number of rotatable bonds is 5. The first kappa shape index (κ1) is 14.4. The minimum absolute atomic E-state index is 0.0369. The van der Waals surface area contributed by atoms with E-state index in [-0.39, 0.29) is 23.5 Å². The van der Waals surface area contributed by atoms with Gasteiger partial charge in [-0.15, -0.1) is 0 Å². The van der Waals surface area contributed by atoms with Crippen molar-refractivity contribution in [1.82, 2.24) is 10.6 Å². The average molecular weight is 288 g/mol. The second kappa shape index (κ2) is 5.34. The highest BCUT2D eigenvalue weighted by Gasteiger charge is 2.42. The van der Waals surface area contributed by atoms with Crippen LogP contribution in [0.4, 0.5) is 4.79 Å². The van der Waals surface area contributed by atoms with E-state index in [9.17, 15) is 9.90 Å². The number of carbonyl (C=O) groups excluding carboxylic acids is 1. The second-order valence-corrected chi connectivity index (χ2v) is 7.13. The summed E-state index contributed by atoms with van der Waals surface area (Å²) in [6, 6.07) is 8.40. The van der Waals surface area contributed by atoms with Gasteiger partial charge >= 0.3 is 6.03 Å². The quantitative estimate of drug-likeness (QED) is 0.774. The fourth-order valence-corrected chi connectivity index (χ4v) is 3.20. The Hall–Kier alpha value is -1.55. The highest BCUT2D eigenvalue weighted by molar-refractivity contribution is 5.74. The van der Waals surface area contributed by atoms with Crippen LogP contribution in [-0.2, 0) is 12.8 Å². The van der Waals surface area contributed by atoms with Crippen molar-refractivity contribution in [2.24, 2.45) is 10.8 Å². The van der Waals surface area contributed by atoms with Crippen LogP contribution < -0.4 is 10.6 Å². The molecule has 2 aliphatic rings. The summed E-state index contributed by atoms with van der Waals surface area (Å²) in [6.07, 6.45) is 4.06. The Labute approximate surface area is 125 Å². The third-order valence-electron chi connectivity index (χ3n) is 4.95. The largest absolute Gasteiger partial charge is 0.396 e. The molecule has 1 aromatic rings. The van der Waals surface area contributed by atoms with E-state index in [4.69, 9.17) is 0 Å². The third-order valence-corrected chi connectivity index (χ3v) is 4.95. The molecule has 0 unspecified atom stereocenters. The molecule has 1 aromatic carbocycles. The lowest BCUT2D eigenvalue weighted by atomic mass is 9.87. The van der Waals surface area contributed by atoms with Crippen LogP contribution in [0.15, 0.2) is 24.3 Å². The zero-order valence-electron chi connectivity index (χ0n) is 12.6. The van der Waals surface area contributed by atoms with Gasteiger partial charge in [-0.2, -0.15) is 0 Å². The second-order valence-electron chi connectivity index (χ2n) is 7.13. The number of urea groups is 1. The number of aliphatic hydroxyl groups excluding tert-OH is 1. The fourth-order valence-electron chi connectivity index (χ4n) is 3.20. The lowest BCUT2D eigenvalue weighted by molar-refractivity contribution is 0.201. The van der Waals surface area contributed by atoms with Gasteiger partial charge in [0.1, 0.15) is 0 Å². The molecular weight excluding hydrogens is 264 g/mol. The molecule has 3 N–H and O–H groups in total. The summed E-state index contributed by atoms with van der Waals surface area (Å²) in [7, 11) is 0. The Bertz CT molecular complexity index is 512. The van der Waals surface area contributed by atoms with Crippen LogP contribution in [0.25, 0.3) is 0 Å². The zero-order chi connectivity index (χ0) is 14.9. The van der Waals surface area contributed by atoms with Crippen molar-refractivity contribution in [2.75, 3.05) is 19.7 Å². The summed E-state index contributed by atoms with van der Waals surface area (Å²) >= 11 is 0. The molecular formula is C17H24N2O2. The smallest absolute Gasteiger partial charge is 0.314 e. The number of amides is 2. The van der Waals surface area contributed by atoms with Crippen molar-refractivity contribution in [2.45, 2.75) is 32.6 Å². The highest BCUT2D eigenvalue weighted by atomic mass is 16.3. The lowest BCUT2D eigenvalue weighted by Gasteiger charge is -2.24. The van der Waals surface area contributed by atoms with Gasteiger partial charge in [-0.3, -0.25) is 0 Å². The van der Waals surface area contributed by atoms with Crippen LogP contribution in [0.1, 0.15) is 30.9 Å². The van der Waals surface area contributed by atoms with E-state index in [1.165, 1.54) is 11.1 Å². The van der Waals surface area contributed by atoms with E-state index in [2.05, 4.69) is 41.8 Å². The fraction of sp³-hybridized carbons (Fsp3) is 0.588. The number of hydrogen-bond donors (Lipinski definition) is 3. The summed E-state index contributed by atoms with van der Waals surface area (Å²) in [6.45, 7) is 3.65. The highest BCUT2D eigenvalue weighted by Crippen LogP contribution is 2.44. The summed E-state index contributed by atoms with van der Waals surface area (Å²) in [4.78, 5) is 11.9. The Kier molecular flexibility index (Phi) is 3.66. The van der Waals surface area contributed by atoms with Crippen LogP contribution >= 0.6 is 0 Å². The van der Waals surface area contributed by atoms with Gasteiger partial charge in [0.25, 0.3) is 0 Å².